The second kappa shape index (κ2) is 16.4. The molecule has 0 heterocycles. The Labute approximate surface area is 275 Å². The van der Waals surface area contributed by atoms with E-state index in [1.807, 2.05) is 16.9 Å². The molecular weight excluding hydrogens is 620 g/mol. The van der Waals surface area contributed by atoms with E-state index in [0.717, 1.165) is 11.1 Å². The molecule has 47 heavy (non-hydrogen) atoms. The van der Waals surface area contributed by atoms with Gasteiger partial charge in [0.05, 0.1) is 20.3 Å². The van der Waals surface area contributed by atoms with Crippen LogP contribution in [0.2, 0.25) is 0 Å². The predicted molar refractivity (Wildman–Crippen MR) is 180 cm³/mol. The quantitative estimate of drug-likeness (QED) is 0.176. The van der Waals surface area contributed by atoms with Crippen molar-refractivity contribution in [2.24, 2.45) is 0 Å². The lowest BCUT2D eigenvalue weighted by molar-refractivity contribution is -0.120. The lowest BCUT2D eigenvalue weighted by Gasteiger charge is -2.25. The molecule has 4 rings (SSSR count). The van der Waals surface area contributed by atoms with Gasteiger partial charge in [-0.05, 0) is 59.5 Å². The van der Waals surface area contributed by atoms with E-state index in [0.29, 0.717) is 22.7 Å². The third-order valence-corrected chi connectivity index (χ3v) is 8.46. The van der Waals surface area contributed by atoms with Gasteiger partial charge in [0.25, 0.3) is 0 Å². The first-order chi connectivity index (χ1) is 22.6. The van der Waals surface area contributed by atoms with Crippen molar-refractivity contribution in [1.82, 2.24) is 14.8 Å². The van der Waals surface area contributed by atoms with Gasteiger partial charge in [-0.15, -0.1) is 0 Å². The summed E-state index contributed by atoms with van der Waals surface area (Å²) >= 11 is 0. The minimum absolute atomic E-state index is 0.0540. The zero-order chi connectivity index (χ0) is 33.8. The number of nitrogens with zero attached hydrogens (tertiary/aromatic N) is 1. The first-order valence-electron chi connectivity index (χ1n) is 14.8. The lowest BCUT2D eigenvalue weighted by atomic mass is 9.98. The summed E-state index contributed by atoms with van der Waals surface area (Å²) < 4.78 is 41.1. The van der Waals surface area contributed by atoms with Crippen LogP contribution in [-0.2, 0) is 39.1 Å². The topological polar surface area (TPSA) is 143 Å². The van der Waals surface area contributed by atoms with Crippen LogP contribution in [0.1, 0.15) is 16.7 Å². The summed E-state index contributed by atoms with van der Waals surface area (Å²) in [5.41, 5.74) is 2.69. The van der Waals surface area contributed by atoms with Gasteiger partial charge >= 0.3 is 16.2 Å². The fourth-order valence-electron chi connectivity index (χ4n) is 4.88. The van der Waals surface area contributed by atoms with Crippen LogP contribution in [0, 0.1) is 0 Å². The van der Waals surface area contributed by atoms with Crippen LogP contribution in [0.5, 0.6) is 11.5 Å². The van der Waals surface area contributed by atoms with E-state index in [1.165, 1.54) is 19.1 Å². The molecule has 0 saturated carbocycles. The van der Waals surface area contributed by atoms with Gasteiger partial charge in [0, 0.05) is 25.6 Å². The van der Waals surface area contributed by atoms with Crippen molar-refractivity contribution >= 4 is 33.6 Å². The fourth-order valence-corrected chi connectivity index (χ4v) is 5.83. The molecule has 11 nitrogen and oxygen atoms in total. The molecule has 2 atom stereocenters. The number of benzene rings is 4. The molecule has 3 amide bonds. The van der Waals surface area contributed by atoms with Crippen LogP contribution in [0.15, 0.2) is 109 Å². The number of urea groups is 1. The van der Waals surface area contributed by atoms with Gasteiger partial charge in [-0.2, -0.15) is 13.1 Å². The number of Topliss-reactive ketones (excluding diaryl/α,β-unsaturated/α-hetero) is 1. The van der Waals surface area contributed by atoms with Gasteiger partial charge in [-0.25, -0.2) is 9.52 Å². The van der Waals surface area contributed by atoms with Crippen LogP contribution >= 0.6 is 0 Å². The maximum atomic E-state index is 13.6. The average molecular weight is 659 g/mol. The maximum Gasteiger partial charge on any atom is 0.330 e. The second-order valence-electron chi connectivity index (χ2n) is 10.8. The van der Waals surface area contributed by atoms with E-state index in [1.54, 1.807) is 104 Å². The summed E-state index contributed by atoms with van der Waals surface area (Å²) in [6.45, 7) is 0. The Morgan fingerprint density at radius 3 is 1.68 bits per heavy atom. The molecule has 0 unspecified atom stereocenters. The Hall–Kier alpha value is -5.20. The molecule has 0 aliphatic heterocycles. The van der Waals surface area contributed by atoms with E-state index >= 15 is 0 Å². The SMILES string of the molecule is COc1ccc(CC(=O)[C@H](Cc2ccccc2)NS(=O)(=O)NC(=O)N[C@@H](Cc2ccccc2)C(=O)N(C)c2ccc(OC)cc2)cc1. The van der Waals surface area contributed by atoms with Crippen LogP contribution in [0.3, 0.4) is 0 Å². The second-order valence-corrected chi connectivity index (χ2v) is 12.2. The first kappa shape index (κ1) is 34.7. The number of ketones is 1. The highest BCUT2D eigenvalue weighted by molar-refractivity contribution is 7.88. The minimum Gasteiger partial charge on any atom is -0.497 e. The van der Waals surface area contributed by atoms with Gasteiger partial charge in [-0.3, -0.25) is 9.59 Å². The highest BCUT2D eigenvalue weighted by atomic mass is 32.2. The molecule has 0 bridgehead atoms. The van der Waals surface area contributed by atoms with Crippen molar-refractivity contribution in [2.75, 3.05) is 26.2 Å². The Morgan fingerprint density at radius 2 is 1.17 bits per heavy atom. The molecule has 0 aromatic heterocycles. The molecule has 0 aliphatic carbocycles. The number of carbonyl (C=O) groups excluding carboxylic acids is 3. The Bertz CT molecular complexity index is 1730. The number of anilines is 1. The third-order valence-electron chi connectivity index (χ3n) is 7.41. The number of ether oxygens (including phenoxy) is 2. The summed E-state index contributed by atoms with van der Waals surface area (Å²) in [4.78, 5) is 41.5. The van der Waals surface area contributed by atoms with Crippen molar-refractivity contribution in [3.05, 3.63) is 126 Å². The molecule has 0 radical (unpaired) electrons. The molecule has 4 aromatic rings. The number of hydrogen-bond acceptors (Lipinski definition) is 7. The molecule has 4 aromatic carbocycles. The zero-order valence-corrected chi connectivity index (χ0v) is 27.2. The van der Waals surface area contributed by atoms with Gasteiger partial charge in [0.15, 0.2) is 5.78 Å². The number of carbonyl (C=O) groups is 3. The fraction of sp³-hybridized carbons (Fsp3) is 0.229. The maximum absolute atomic E-state index is 13.6. The van der Waals surface area contributed by atoms with Gasteiger partial charge in [0.2, 0.25) is 5.91 Å². The van der Waals surface area contributed by atoms with E-state index in [9.17, 15) is 22.8 Å². The highest BCUT2D eigenvalue weighted by Gasteiger charge is 2.29. The summed E-state index contributed by atoms with van der Waals surface area (Å²) in [5, 5.41) is 2.52. The van der Waals surface area contributed by atoms with Crippen molar-refractivity contribution in [1.29, 1.82) is 0 Å². The monoisotopic (exact) mass is 658 g/mol. The Kier molecular flexibility index (Phi) is 12.1. The predicted octanol–water partition coefficient (Wildman–Crippen LogP) is 3.83. The number of likely N-dealkylation sites (N-methyl/N-ethyl adjacent to an activating group) is 1. The normalized spacial score (nSPS) is 12.3. The highest BCUT2D eigenvalue weighted by Crippen LogP contribution is 2.20. The first-order valence-corrected chi connectivity index (χ1v) is 16.3. The van der Waals surface area contributed by atoms with Crippen molar-refractivity contribution in [3.63, 3.8) is 0 Å². The minimum atomic E-state index is -4.56. The standard InChI is InChI=1S/C35H38N4O7S/c1-39(28-16-20-30(46-3)21-17-28)34(41)32(23-26-12-8-5-9-13-26)36-35(42)38-47(43,44)37-31(22-25-10-6-4-7-11-25)33(40)24-27-14-18-29(45-2)19-15-27/h4-21,31-32,37H,22-24H2,1-3H3,(H2,36,38,42)/t31-,32-/m0/s1. The largest absolute Gasteiger partial charge is 0.497 e. The van der Waals surface area contributed by atoms with Crippen molar-refractivity contribution in [3.8, 4) is 11.5 Å². The van der Waals surface area contributed by atoms with Crippen molar-refractivity contribution in [2.45, 2.75) is 31.3 Å². The van der Waals surface area contributed by atoms with E-state index < -0.39 is 40.0 Å². The number of methoxy groups -OCH3 is 2. The van der Waals surface area contributed by atoms with E-state index in [2.05, 4.69) is 10.0 Å². The molecular formula is C35H38N4O7S. The van der Waals surface area contributed by atoms with Crippen LogP contribution in [0.25, 0.3) is 0 Å². The molecule has 12 heteroatoms. The Balaban J connectivity index is 1.49. The molecule has 3 N–H and O–H groups in total. The summed E-state index contributed by atoms with van der Waals surface area (Å²) in [7, 11) is 0.0624. The number of nitrogens with one attached hydrogen (secondary N) is 3. The summed E-state index contributed by atoms with van der Waals surface area (Å²) in [6, 6.07) is 28.2. The lowest BCUT2D eigenvalue weighted by Crippen LogP contribution is -2.56. The number of rotatable bonds is 15. The number of hydrogen-bond donors (Lipinski definition) is 3. The molecule has 0 fully saturated rings. The van der Waals surface area contributed by atoms with Gasteiger partial charge in [0.1, 0.15) is 17.5 Å². The molecule has 0 saturated heterocycles. The van der Waals surface area contributed by atoms with Crippen LogP contribution < -0.4 is 29.1 Å². The smallest absolute Gasteiger partial charge is 0.330 e. The van der Waals surface area contributed by atoms with Gasteiger partial charge < -0.3 is 19.7 Å². The van der Waals surface area contributed by atoms with Crippen LogP contribution in [0.4, 0.5) is 10.5 Å². The average Bonchev–Trinajstić information content (AvgIpc) is 3.08. The summed E-state index contributed by atoms with van der Waals surface area (Å²) in [5.74, 6) is 0.357. The van der Waals surface area contributed by atoms with Crippen molar-refractivity contribution < 1.29 is 32.3 Å². The van der Waals surface area contributed by atoms with E-state index in [-0.39, 0.29) is 19.3 Å². The molecule has 246 valence electrons. The zero-order valence-electron chi connectivity index (χ0n) is 26.4. The Morgan fingerprint density at radius 1 is 0.681 bits per heavy atom. The van der Waals surface area contributed by atoms with E-state index in [4.69, 9.17) is 9.47 Å². The third kappa shape index (κ3) is 10.4. The number of amides is 3. The van der Waals surface area contributed by atoms with Gasteiger partial charge in [-0.1, -0.05) is 72.8 Å². The molecule has 0 aliphatic rings. The van der Waals surface area contributed by atoms with Crippen LogP contribution in [-0.4, -0.2) is 59.5 Å². The molecule has 0 spiro atoms. The summed E-state index contributed by atoms with van der Waals surface area (Å²) in [6.07, 6.45) is 0.0970.